The van der Waals surface area contributed by atoms with E-state index in [0.29, 0.717) is 0 Å². The number of nitrogens with zero attached hydrogens (tertiary/aromatic N) is 2. The van der Waals surface area contributed by atoms with E-state index in [2.05, 4.69) is 4.98 Å². The zero-order chi connectivity index (χ0) is 12.6. The number of nitrogens with two attached hydrogens (primary N) is 1. The molecule has 0 aromatic carbocycles. The molecule has 0 atom stereocenters. The molecule has 9 heteroatoms. The molecule has 0 aliphatic rings. The van der Waals surface area contributed by atoms with Crippen molar-refractivity contribution in [2.24, 2.45) is 5.84 Å². The fourth-order valence-corrected chi connectivity index (χ4v) is 1.87. The molecule has 1 amide bonds. The minimum absolute atomic E-state index is 0.00884. The van der Waals surface area contributed by atoms with E-state index in [0.717, 1.165) is 16.2 Å². The van der Waals surface area contributed by atoms with Gasteiger partial charge in [0.2, 0.25) is 0 Å². The van der Waals surface area contributed by atoms with Crippen molar-refractivity contribution in [1.82, 2.24) is 14.4 Å². The molecule has 0 saturated heterocycles. The van der Waals surface area contributed by atoms with Crippen molar-refractivity contribution in [3.8, 4) is 0 Å². The van der Waals surface area contributed by atoms with Crippen molar-refractivity contribution in [2.75, 3.05) is 0 Å². The monoisotopic (exact) mass is 278 g/mol. The van der Waals surface area contributed by atoms with Crippen LogP contribution in [0.5, 0.6) is 0 Å². The molecule has 3 N–H and O–H groups in total. The number of rotatable bonds is 2. The van der Waals surface area contributed by atoms with Gasteiger partial charge < -0.3 is 0 Å². The van der Waals surface area contributed by atoms with Crippen molar-refractivity contribution in [1.29, 1.82) is 0 Å². The van der Waals surface area contributed by atoms with Crippen molar-refractivity contribution in [2.45, 2.75) is 0 Å². The summed E-state index contributed by atoms with van der Waals surface area (Å²) >= 11 is 5.31. The number of hydrogen-bond acceptors (Lipinski definition) is 4. The van der Waals surface area contributed by atoms with E-state index in [1.54, 1.807) is 0 Å². The molecule has 17 heavy (non-hydrogen) atoms. The van der Waals surface area contributed by atoms with Gasteiger partial charge in [0.15, 0.2) is 23.3 Å². The first-order valence-electron chi connectivity index (χ1n) is 4.25. The molecule has 2 aromatic rings. The van der Waals surface area contributed by atoms with E-state index in [4.69, 9.17) is 17.4 Å². The molecular formula is C8H5ClF2N4OS. The third-order valence-electron chi connectivity index (χ3n) is 2.10. The number of nitrogens with one attached hydrogen (secondary N) is 1. The van der Waals surface area contributed by atoms with Crippen LogP contribution in [0.2, 0.25) is 5.15 Å². The highest BCUT2D eigenvalue weighted by molar-refractivity contribution is 7.92. The van der Waals surface area contributed by atoms with Gasteiger partial charge in [0.25, 0.3) is 5.91 Å². The summed E-state index contributed by atoms with van der Waals surface area (Å²) in [5.74, 6) is 3.50. The smallest absolute Gasteiger partial charge is 0.268 e. The van der Waals surface area contributed by atoms with Crippen LogP contribution in [-0.2, 0) is 0 Å². The predicted molar refractivity (Wildman–Crippen MR) is 60.5 cm³/mol. The summed E-state index contributed by atoms with van der Waals surface area (Å²) < 4.78 is 26.7. The maximum Gasteiger partial charge on any atom is 0.268 e. The van der Waals surface area contributed by atoms with E-state index in [1.807, 2.05) is 5.43 Å². The summed E-state index contributed by atoms with van der Waals surface area (Å²) in [7, 11) is 0. The molecule has 90 valence electrons. The third-order valence-corrected chi connectivity index (χ3v) is 2.82. The molecule has 0 fully saturated rings. The molecule has 2 heterocycles. The van der Waals surface area contributed by atoms with Gasteiger partial charge in [-0.15, -0.1) is 3.89 Å². The molecule has 0 radical (unpaired) electrons. The first-order chi connectivity index (χ1) is 8.08. The van der Waals surface area contributed by atoms with Gasteiger partial charge in [0, 0.05) is 12.3 Å². The van der Waals surface area contributed by atoms with E-state index in [9.17, 15) is 13.1 Å². The lowest BCUT2D eigenvalue weighted by atomic mass is 10.2. The molecule has 0 saturated carbocycles. The minimum atomic E-state index is -0.799. The van der Waals surface area contributed by atoms with Crippen LogP contribution in [0.3, 0.4) is 0 Å². The van der Waals surface area contributed by atoms with Crippen molar-refractivity contribution < 1.29 is 13.1 Å². The summed E-state index contributed by atoms with van der Waals surface area (Å²) in [6, 6.07) is 0.991. The topological polar surface area (TPSA) is 72.9 Å². The van der Waals surface area contributed by atoms with Gasteiger partial charge in [0.1, 0.15) is 5.52 Å². The maximum absolute atomic E-state index is 13.2. The summed E-state index contributed by atoms with van der Waals surface area (Å²) in [5, 5.41) is -0.398. The lowest BCUT2D eigenvalue weighted by molar-refractivity contribution is 0.0955. The van der Waals surface area contributed by atoms with Gasteiger partial charge in [-0.2, -0.15) is 0 Å². The summed E-state index contributed by atoms with van der Waals surface area (Å²) in [6.45, 7) is 0. The van der Waals surface area contributed by atoms with Crippen LogP contribution in [0.15, 0.2) is 12.3 Å². The maximum atomic E-state index is 13.2. The van der Waals surface area contributed by atoms with Gasteiger partial charge in [-0.3, -0.25) is 14.2 Å². The number of hydrogen-bond donors (Lipinski definition) is 2. The molecule has 0 bridgehead atoms. The Morgan fingerprint density at radius 1 is 1.65 bits per heavy atom. The first kappa shape index (κ1) is 12.1. The van der Waals surface area contributed by atoms with Crippen molar-refractivity contribution in [3.05, 3.63) is 28.8 Å². The predicted octanol–water partition coefficient (Wildman–Crippen LogP) is 1.81. The van der Waals surface area contributed by atoms with Gasteiger partial charge in [-0.1, -0.05) is 11.6 Å². The Hall–Kier alpha value is -1.38. The second-order valence-electron chi connectivity index (χ2n) is 3.04. The van der Waals surface area contributed by atoms with Gasteiger partial charge in [0.05, 0.1) is 11.1 Å². The van der Waals surface area contributed by atoms with E-state index in [1.165, 1.54) is 0 Å². The van der Waals surface area contributed by atoms with Gasteiger partial charge in [-0.25, -0.2) is 15.2 Å². The van der Waals surface area contributed by atoms with E-state index < -0.39 is 16.9 Å². The summed E-state index contributed by atoms with van der Waals surface area (Å²) in [5.41, 5.74) is 2.06. The zero-order valence-electron chi connectivity index (χ0n) is 8.08. The minimum Gasteiger partial charge on any atom is -0.290 e. The largest absolute Gasteiger partial charge is 0.290 e. The normalized spacial score (nSPS) is 10.8. The molecule has 2 rings (SSSR count). The van der Waals surface area contributed by atoms with Crippen LogP contribution < -0.4 is 11.3 Å². The number of aromatic nitrogens is 2. The first-order valence-corrected chi connectivity index (χ1v) is 5.30. The van der Waals surface area contributed by atoms with Crippen LogP contribution in [0.1, 0.15) is 10.4 Å². The number of fused-ring (bicyclic) bond motifs is 1. The molecule has 2 aromatic heterocycles. The summed E-state index contributed by atoms with van der Waals surface area (Å²) in [4.78, 5) is 15.1. The number of hydrazine groups is 1. The van der Waals surface area contributed by atoms with Crippen molar-refractivity contribution in [3.63, 3.8) is 0 Å². The lowest BCUT2D eigenvalue weighted by Gasteiger charge is -1.98. The molecule has 0 aliphatic carbocycles. The Kier molecular flexibility index (Phi) is 3.18. The van der Waals surface area contributed by atoms with Gasteiger partial charge >= 0.3 is 0 Å². The van der Waals surface area contributed by atoms with E-state index in [-0.39, 0.29) is 28.9 Å². The Morgan fingerprint density at radius 3 is 2.94 bits per heavy atom. The molecule has 5 nitrogen and oxygen atoms in total. The second kappa shape index (κ2) is 4.47. The molecular weight excluding hydrogens is 274 g/mol. The average molecular weight is 279 g/mol. The Bertz CT molecular complexity index is 603. The Morgan fingerprint density at radius 2 is 2.35 bits per heavy atom. The Labute approximate surface area is 103 Å². The van der Waals surface area contributed by atoms with Crippen molar-refractivity contribution >= 4 is 40.9 Å². The van der Waals surface area contributed by atoms with E-state index >= 15 is 0 Å². The van der Waals surface area contributed by atoms with Crippen LogP contribution >= 0.6 is 23.9 Å². The second-order valence-corrected chi connectivity index (χ2v) is 3.93. The van der Waals surface area contributed by atoms with Gasteiger partial charge in [-0.05, 0) is 0 Å². The number of nitrogen functional groups attached to an aromatic ring is 1. The van der Waals surface area contributed by atoms with Crippen LogP contribution in [0.4, 0.5) is 8.28 Å². The SMILES string of the molecule is NNC(=O)c1cn(SF)c2cc(F)c(Cl)nc12. The van der Waals surface area contributed by atoms with Crippen LogP contribution in [-0.4, -0.2) is 14.9 Å². The van der Waals surface area contributed by atoms with Crippen LogP contribution in [0, 0.1) is 5.82 Å². The molecule has 0 spiro atoms. The fourth-order valence-electron chi connectivity index (χ4n) is 1.37. The average Bonchev–Trinajstić information content (AvgIpc) is 2.67. The number of carbonyl (C=O) groups excluding carboxylic acids is 1. The molecule has 0 aliphatic heterocycles. The number of halogens is 3. The van der Waals surface area contributed by atoms with Crippen LogP contribution in [0.25, 0.3) is 11.0 Å². The summed E-state index contributed by atoms with van der Waals surface area (Å²) in [6.07, 6.45) is 1.15. The highest BCUT2D eigenvalue weighted by atomic mass is 35.5. The zero-order valence-corrected chi connectivity index (χ0v) is 9.65. The fraction of sp³-hybridized carbons (Fsp3) is 0. The third kappa shape index (κ3) is 1.94. The molecule has 0 unspecified atom stereocenters. The standard InChI is InChI=1S/C8H5ClF2N4OS/c9-7-4(10)1-5-6(13-7)3(8(16)14-12)2-15(5)17-11/h1-2H,12H2,(H,14,16). The highest BCUT2D eigenvalue weighted by Gasteiger charge is 2.18. The highest BCUT2D eigenvalue weighted by Crippen LogP contribution is 2.27. The Balaban J connectivity index is 2.78. The number of pyridine rings is 1. The number of amides is 1. The quantitative estimate of drug-likeness (QED) is 0.380. The lowest BCUT2D eigenvalue weighted by Crippen LogP contribution is -2.29. The number of carbonyl (C=O) groups is 1.